The van der Waals surface area contributed by atoms with Gasteiger partial charge in [0.05, 0.1) is 26.9 Å². The van der Waals surface area contributed by atoms with Gasteiger partial charge in [0.2, 0.25) is 5.95 Å². The zero-order valence-corrected chi connectivity index (χ0v) is 30.0. The van der Waals surface area contributed by atoms with E-state index in [1.165, 1.54) is 54.4 Å². The van der Waals surface area contributed by atoms with Crippen LogP contribution in [0.2, 0.25) is 0 Å². The van der Waals surface area contributed by atoms with Crippen molar-refractivity contribution in [1.82, 2.24) is 14.5 Å². The Morgan fingerprint density at radius 2 is 1.42 bits per heavy atom. The van der Waals surface area contributed by atoms with Crippen LogP contribution in [0.5, 0.6) is 0 Å². The maximum absolute atomic E-state index is 5.43. The van der Waals surface area contributed by atoms with Crippen LogP contribution < -0.4 is 4.90 Å². The lowest BCUT2D eigenvalue weighted by molar-refractivity contribution is 0.581. The molecule has 1 atom stereocenters. The maximum Gasteiger partial charge on any atom is 0.235 e. The Bertz CT molecular complexity index is 2970. The molecule has 1 unspecified atom stereocenters. The van der Waals surface area contributed by atoms with E-state index in [-0.39, 0.29) is 5.41 Å². The molecule has 4 heterocycles. The average molecular weight is 699 g/mol. The second-order valence-electron chi connectivity index (χ2n) is 14.4. The van der Waals surface area contributed by atoms with Crippen molar-refractivity contribution in [2.75, 3.05) is 18.5 Å². The van der Waals surface area contributed by atoms with E-state index < -0.39 is 0 Å². The van der Waals surface area contributed by atoms with Crippen molar-refractivity contribution < 1.29 is 0 Å². The molecule has 252 valence electrons. The van der Waals surface area contributed by atoms with Gasteiger partial charge >= 0.3 is 0 Å². The van der Waals surface area contributed by atoms with E-state index in [0.717, 1.165) is 45.5 Å². The number of benzene rings is 6. The maximum atomic E-state index is 5.43. The molecule has 0 amide bonds. The zero-order valence-electron chi connectivity index (χ0n) is 29.2. The van der Waals surface area contributed by atoms with E-state index in [2.05, 4.69) is 180 Å². The van der Waals surface area contributed by atoms with E-state index in [4.69, 9.17) is 9.97 Å². The van der Waals surface area contributed by atoms with Gasteiger partial charge in [0.15, 0.2) is 0 Å². The SMILES string of the molecule is CN1CC2(C=CC=C(c3ccc4c(c3)c3c5ccccc5ccc3n4-c3nc(-c4ccccc4)c4sc(-c5ccccc5)cc4n3)C2)c2ccccc21. The van der Waals surface area contributed by atoms with Gasteiger partial charge in [-0.25, -0.2) is 9.97 Å². The van der Waals surface area contributed by atoms with Crippen LogP contribution in [0, 0.1) is 0 Å². The Balaban J connectivity index is 1.13. The number of para-hydroxylation sites is 1. The quantitative estimate of drug-likeness (QED) is 0.183. The number of anilines is 1. The Hall–Kier alpha value is -6.30. The van der Waals surface area contributed by atoms with Gasteiger partial charge in [-0.1, -0.05) is 133 Å². The predicted molar refractivity (Wildman–Crippen MR) is 223 cm³/mol. The molecule has 2 aliphatic rings. The van der Waals surface area contributed by atoms with Crippen molar-refractivity contribution in [2.24, 2.45) is 0 Å². The van der Waals surface area contributed by atoms with E-state index in [1.54, 1.807) is 11.3 Å². The highest BCUT2D eigenvalue weighted by molar-refractivity contribution is 7.22. The van der Waals surface area contributed by atoms with Crippen LogP contribution in [-0.2, 0) is 5.41 Å². The van der Waals surface area contributed by atoms with Crippen LogP contribution in [-0.4, -0.2) is 28.1 Å². The van der Waals surface area contributed by atoms with Crippen molar-refractivity contribution in [3.05, 3.63) is 175 Å². The molecular weight excluding hydrogens is 665 g/mol. The summed E-state index contributed by atoms with van der Waals surface area (Å²) in [5, 5.41) is 4.90. The molecule has 11 rings (SSSR count). The summed E-state index contributed by atoms with van der Waals surface area (Å²) in [6, 6.07) is 52.5. The van der Waals surface area contributed by atoms with Crippen LogP contribution in [0.1, 0.15) is 17.5 Å². The van der Waals surface area contributed by atoms with Crippen molar-refractivity contribution in [3.63, 3.8) is 0 Å². The molecule has 0 fully saturated rings. The van der Waals surface area contributed by atoms with Gasteiger partial charge in [-0.15, -0.1) is 11.3 Å². The van der Waals surface area contributed by atoms with Crippen molar-refractivity contribution in [1.29, 1.82) is 0 Å². The Morgan fingerprint density at radius 1 is 0.660 bits per heavy atom. The molecule has 0 N–H and O–H groups in total. The number of rotatable bonds is 4. The number of aromatic nitrogens is 3. The molecule has 1 aliphatic carbocycles. The van der Waals surface area contributed by atoms with Gasteiger partial charge in [0.25, 0.3) is 0 Å². The third kappa shape index (κ3) is 4.67. The Labute approximate surface area is 311 Å². The van der Waals surface area contributed by atoms with Crippen LogP contribution >= 0.6 is 11.3 Å². The summed E-state index contributed by atoms with van der Waals surface area (Å²) < 4.78 is 3.38. The highest BCUT2D eigenvalue weighted by atomic mass is 32.1. The monoisotopic (exact) mass is 698 g/mol. The molecule has 4 nitrogen and oxygen atoms in total. The van der Waals surface area contributed by atoms with Crippen LogP contribution in [0.25, 0.3) is 76.0 Å². The highest BCUT2D eigenvalue weighted by Crippen LogP contribution is 2.49. The molecule has 1 aliphatic heterocycles. The molecule has 9 aromatic rings. The van der Waals surface area contributed by atoms with Gasteiger partial charge in [-0.05, 0) is 69.8 Å². The summed E-state index contributed by atoms with van der Waals surface area (Å²) >= 11 is 1.76. The van der Waals surface area contributed by atoms with Crippen molar-refractivity contribution in [2.45, 2.75) is 11.8 Å². The normalized spacial score (nSPS) is 16.7. The largest absolute Gasteiger partial charge is 0.373 e. The minimum absolute atomic E-state index is 0.0404. The fourth-order valence-electron chi connectivity index (χ4n) is 8.88. The van der Waals surface area contributed by atoms with Crippen molar-refractivity contribution in [3.8, 4) is 27.6 Å². The Kier molecular flexibility index (Phi) is 6.64. The molecular formula is C48H34N4S. The second-order valence-corrected chi connectivity index (χ2v) is 15.5. The van der Waals surface area contributed by atoms with E-state index >= 15 is 0 Å². The summed E-state index contributed by atoms with van der Waals surface area (Å²) in [6.45, 7) is 0.977. The van der Waals surface area contributed by atoms with Gasteiger partial charge in [-0.2, -0.15) is 0 Å². The standard InChI is InChI=1S/C48H34N4S/c1-51-30-48(38-20-10-11-21-41(38)51)26-12-18-35(29-48)34-23-24-40-37(27-34)44-36-19-9-8-13-31(36)22-25-42(44)52(40)47-49-39-28-43(32-14-4-2-5-15-32)53-46(39)45(50-47)33-16-6-3-7-17-33/h2-28H,29-30H2,1H3. The van der Waals surface area contributed by atoms with E-state index in [1.807, 2.05) is 0 Å². The van der Waals surface area contributed by atoms with Gasteiger partial charge < -0.3 is 4.90 Å². The molecule has 0 saturated heterocycles. The fourth-order valence-corrected chi connectivity index (χ4v) is 9.99. The Morgan fingerprint density at radius 3 is 2.28 bits per heavy atom. The predicted octanol–water partition coefficient (Wildman–Crippen LogP) is 12.0. The average Bonchev–Trinajstić information content (AvgIpc) is 3.88. The summed E-state index contributed by atoms with van der Waals surface area (Å²) in [6.07, 6.45) is 7.96. The lowest BCUT2D eigenvalue weighted by Crippen LogP contribution is -2.31. The molecule has 3 aromatic heterocycles. The number of allylic oxidation sites excluding steroid dienone is 3. The molecule has 0 radical (unpaired) electrons. The first-order chi connectivity index (χ1) is 26.1. The molecule has 5 heteroatoms. The van der Waals surface area contributed by atoms with E-state index in [9.17, 15) is 0 Å². The highest BCUT2D eigenvalue weighted by Gasteiger charge is 2.41. The smallest absolute Gasteiger partial charge is 0.235 e. The van der Waals surface area contributed by atoms with Gasteiger partial charge in [0.1, 0.15) is 0 Å². The van der Waals surface area contributed by atoms with Crippen LogP contribution in [0.3, 0.4) is 0 Å². The number of hydrogen-bond acceptors (Lipinski definition) is 4. The van der Waals surface area contributed by atoms with Crippen LogP contribution in [0.15, 0.2) is 164 Å². The number of thiophene rings is 1. The molecule has 6 aromatic carbocycles. The molecule has 0 saturated carbocycles. The molecule has 1 spiro atoms. The number of likely N-dealkylation sites (N-methyl/N-ethyl adjacent to an activating group) is 1. The van der Waals surface area contributed by atoms with E-state index in [0.29, 0.717) is 5.95 Å². The number of fused-ring (bicyclic) bond motifs is 8. The topological polar surface area (TPSA) is 34.0 Å². The third-order valence-electron chi connectivity index (χ3n) is 11.3. The molecule has 53 heavy (non-hydrogen) atoms. The molecule has 0 bridgehead atoms. The number of nitrogens with zero attached hydrogens (tertiary/aromatic N) is 4. The fraction of sp³-hybridized carbons (Fsp3) is 0.0833. The summed E-state index contributed by atoms with van der Waals surface area (Å²) in [7, 11) is 2.21. The first-order valence-electron chi connectivity index (χ1n) is 18.2. The third-order valence-corrected chi connectivity index (χ3v) is 12.5. The minimum atomic E-state index is -0.0404. The first-order valence-corrected chi connectivity index (χ1v) is 19.0. The summed E-state index contributed by atoms with van der Waals surface area (Å²) in [5.41, 5.74) is 11.7. The van der Waals surface area contributed by atoms with Crippen LogP contribution in [0.4, 0.5) is 5.69 Å². The lowest BCUT2D eigenvalue weighted by atomic mass is 9.73. The minimum Gasteiger partial charge on any atom is -0.373 e. The summed E-state index contributed by atoms with van der Waals surface area (Å²) in [4.78, 5) is 14.4. The van der Waals surface area contributed by atoms with Gasteiger partial charge in [-0.3, -0.25) is 4.57 Å². The summed E-state index contributed by atoms with van der Waals surface area (Å²) in [5.74, 6) is 0.682. The zero-order chi connectivity index (χ0) is 35.1. The number of hydrogen-bond donors (Lipinski definition) is 0. The van der Waals surface area contributed by atoms with Gasteiger partial charge in [0, 0.05) is 45.9 Å². The lowest BCUT2D eigenvalue weighted by Gasteiger charge is -2.30. The van der Waals surface area contributed by atoms with Crippen molar-refractivity contribution >= 4 is 65.4 Å². The first kappa shape index (κ1) is 30.3. The second kappa shape index (κ2) is 11.6.